The van der Waals surface area contributed by atoms with Crippen molar-refractivity contribution in [2.24, 2.45) is 5.92 Å². The summed E-state index contributed by atoms with van der Waals surface area (Å²) in [6, 6.07) is 7.59. The number of nitrogens with zero attached hydrogens (tertiary/aromatic N) is 1. The lowest BCUT2D eigenvalue weighted by atomic mass is 9.64. The van der Waals surface area contributed by atoms with E-state index in [2.05, 4.69) is 5.16 Å². The molecule has 2 aromatic rings. The van der Waals surface area contributed by atoms with Crippen LogP contribution in [0.5, 0.6) is 5.75 Å². The van der Waals surface area contributed by atoms with Crippen molar-refractivity contribution < 1.29 is 19.2 Å². The number of Topliss-reactive ketones (excluding diaryl/α,β-unsaturated/α-hetero) is 1. The Morgan fingerprint density at radius 3 is 2.87 bits per heavy atom. The number of benzene rings is 1. The van der Waals surface area contributed by atoms with Gasteiger partial charge >= 0.3 is 0 Å². The van der Waals surface area contributed by atoms with Gasteiger partial charge in [0.15, 0.2) is 0 Å². The summed E-state index contributed by atoms with van der Waals surface area (Å²) in [4.78, 5) is 12.4. The number of hydrogen-bond acceptors (Lipinski definition) is 5. The van der Waals surface area contributed by atoms with Crippen LogP contribution in [0.25, 0.3) is 0 Å². The maximum Gasteiger partial charge on any atom is 0.137 e. The molecular formula is C18H21NO4. The minimum atomic E-state index is -1.17. The zero-order chi connectivity index (χ0) is 16.8. The van der Waals surface area contributed by atoms with Crippen LogP contribution in [0.4, 0.5) is 0 Å². The standard InChI is InChI=1S/C18H21NO4/c1-10(20)17-16(12-6-5-7-13(8-12)22-4)15-11(2)23-19-14(15)9-18(17,3)21/h5-8,16-17,21H,9H2,1-4H3/t16-,17-,18-/m1/s1. The molecule has 1 aromatic heterocycles. The van der Waals surface area contributed by atoms with Crippen LogP contribution in [0.1, 0.15) is 42.3 Å². The third-order valence-corrected chi connectivity index (χ3v) is 4.71. The monoisotopic (exact) mass is 315 g/mol. The smallest absolute Gasteiger partial charge is 0.137 e. The van der Waals surface area contributed by atoms with Crippen LogP contribution in [-0.4, -0.2) is 28.8 Å². The Bertz CT molecular complexity index is 747. The highest BCUT2D eigenvalue weighted by molar-refractivity contribution is 5.82. The lowest BCUT2D eigenvalue weighted by molar-refractivity contribution is -0.130. The molecule has 0 saturated carbocycles. The van der Waals surface area contributed by atoms with Crippen LogP contribution in [-0.2, 0) is 11.2 Å². The van der Waals surface area contributed by atoms with E-state index in [1.54, 1.807) is 14.0 Å². The summed E-state index contributed by atoms with van der Waals surface area (Å²) < 4.78 is 10.7. The number of carbonyl (C=O) groups excluding carboxylic acids is 1. The van der Waals surface area contributed by atoms with Crippen LogP contribution >= 0.6 is 0 Å². The molecule has 1 heterocycles. The molecule has 3 atom stereocenters. The number of hydrogen-bond donors (Lipinski definition) is 1. The molecule has 0 saturated heterocycles. The Hall–Kier alpha value is -2.14. The molecule has 5 heteroatoms. The Kier molecular flexibility index (Phi) is 3.76. The van der Waals surface area contributed by atoms with Gasteiger partial charge in [0.25, 0.3) is 0 Å². The van der Waals surface area contributed by atoms with Crippen molar-refractivity contribution in [1.29, 1.82) is 0 Å². The summed E-state index contributed by atoms with van der Waals surface area (Å²) in [5.74, 6) is 0.502. The van der Waals surface area contributed by atoms with Gasteiger partial charge in [-0.15, -0.1) is 0 Å². The van der Waals surface area contributed by atoms with Gasteiger partial charge in [0.2, 0.25) is 0 Å². The Morgan fingerprint density at radius 1 is 1.48 bits per heavy atom. The molecule has 0 spiro atoms. The number of methoxy groups -OCH3 is 1. The Balaban J connectivity index is 2.23. The number of aryl methyl sites for hydroxylation is 1. The summed E-state index contributed by atoms with van der Waals surface area (Å²) in [5, 5.41) is 15.0. The van der Waals surface area contributed by atoms with Crippen molar-refractivity contribution in [3.8, 4) is 5.75 Å². The van der Waals surface area contributed by atoms with E-state index in [1.807, 2.05) is 31.2 Å². The first-order chi connectivity index (χ1) is 10.8. The molecular weight excluding hydrogens is 294 g/mol. The lowest BCUT2D eigenvalue weighted by Crippen LogP contribution is -2.48. The summed E-state index contributed by atoms with van der Waals surface area (Å²) in [6.45, 7) is 5.07. The molecule has 1 N–H and O–H groups in total. The number of rotatable bonds is 3. The van der Waals surface area contributed by atoms with E-state index in [4.69, 9.17) is 9.26 Å². The van der Waals surface area contributed by atoms with E-state index in [0.717, 1.165) is 16.8 Å². The Morgan fingerprint density at radius 2 is 2.22 bits per heavy atom. The summed E-state index contributed by atoms with van der Waals surface area (Å²) in [5.41, 5.74) is 1.37. The molecule has 1 aromatic carbocycles. The van der Waals surface area contributed by atoms with Crippen molar-refractivity contribution in [2.75, 3.05) is 7.11 Å². The largest absolute Gasteiger partial charge is 0.497 e. The molecule has 0 fully saturated rings. The number of carbonyl (C=O) groups is 1. The van der Waals surface area contributed by atoms with E-state index >= 15 is 0 Å². The van der Waals surface area contributed by atoms with Crippen molar-refractivity contribution in [2.45, 2.75) is 38.7 Å². The van der Waals surface area contributed by atoms with Gasteiger partial charge in [-0.2, -0.15) is 0 Å². The predicted octanol–water partition coefficient (Wildman–Crippen LogP) is 2.64. The molecule has 0 unspecified atom stereocenters. The van der Waals surface area contributed by atoms with Gasteiger partial charge in [0.1, 0.15) is 17.3 Å². The number of ketones is 1. The van der Waals surface area contributed by atoms with E-state index in [-0.39, 0.29) is 11.7 Å². The second-order valence-corrected chi connectivity index (χ2v) is 6.48. The van der Waals surface area contributed by atoms with Crippen LogP contribution in [0.2, 0.25) is 0 Å². The SMILES string of the molecule is COc1cccc([C@@H]2c3c(noc3C)C[C@@](C)(O)[C@@H]2C(C)=O)c1. The summed E-state index contributed by atoms with van der Waals surface area (Å²) in [7, 11) is 1.61. The van der Waals surface area contributed by atoms with Gasteiger partial charge < -0.3 is 14.4 Å². The third kappa shape index (κ3) is 2.55. The van der Waals surface area contributed by atoms with Gasteiger partial charge in [0, 0.05) is 17.9 Å². The molecule has 5 nitrogen and oxygen atoms in total. The van der Waals surface area contributed by atoms with Crippen LogP contribution in [0.3, 0.4) is 0 Å². The van der Waals surface area contributed by atoms with Crippen LogP contribution in [0, 0.1) is 12.8 Å². The van der Waals surface area contributed by atoms with E-state index in [1.165, 1.54) is 6.92 Å². The first-order valence-electron chi connectivity index (χ1n) is 7.67. The zero-order valence-electron chi connectivity index (χ0n) is 13.8. The molecule has 0 amide bonds. The minimum absolute atomic E-state index is 0.0472. The zero-order valence-corrected chi connectivity index (χ0v) is 13.8. The molecule has 1 aliphatic rings. The second-order valence-electron chi connectivity index (χ2n) is 6.48. The number of aromatic nitrogens is 1. The predicted molar refractivity (Wildman–Crippen MR) is 84.6 cm³/mol. The van der Waals surface area contributed by atoms with Gasteiger partial charge in [-0.05, 0) is 38.5 Å². The molecule has 122 valence electrons. The van der Waals surface area contributed by atoms with E-state index in [0.29, 0.717) is 17.9 Å². The number of aliphatic hydroxyl groups is 1. The maximum atomic E-state index is 12.4. The maximum absolute atomic E-state index is 12.4. The Labute approximate surface area is 135 Å². The van der Waals surface area contributed by atoms with Gasteiger partial charge in [-0.25, -0.2) is 0 Å². The summed E-state index contributed by atoms with van der Waals surface area (Å²) >= 11 is 0. The number of ether oxygens (including phenoxy) is 1. The molecule has 0 radical (unpaired) electrons. The molecule has 0 aliphatic heterocycles. The van der Waals surface area contributed by atoms with Gasteiger partial charge in [-0.1, -0.05) is 17.3 Å². The van der Waals surface area contributed by atoms with E-state index in [9.17, 15) is 9.90 Å². The highest BCUT2D eigenvalue weighted by atomic mass is 16.5. The fraction of sp³-hybridized carbons (Fsp3) is 0.444. The van der Waals surface area contributed by atoms with Crippen LogP contribution in [0.15, 0.2) is 28.8 Å². The normalized spacial score (nSPS) is 26.7. The first kappa shape index (κ1) is 15.7. The van der Waals surface area contributed by atoms with Gasteiger partial charge in [0.05, 0.1) is 24.3 Å². The van der Waals surface area contributed by atoms with Gasteiger partial charge in [-0.3, -0.25) is 4.79 Å². The fourth-order valence-corrected chi connectivity index (χ4v) is 3.79. The highest BCUT2D eigenvalue weighted by Gasteiger charge is 2.49. The first-order valence-corrected chi connectivity index (χ1v) is 7.67. The third-order valence-electron chi connectivity index (χ3n) is 4.71. The van der Waals surface area contributed by atoms with Crippen molar-refractivity contribution in [3.63, 3.8) is 0 Å². The molecule has 23 heavy (non-hydrogen) atoms. The topological polar surface area (TPSA) is 72.6 Å². The van der Waals surface area contributed by atoms with E-state index < -0.39 is 11.5 Å². The molecule has 3 rings (SSSR count). The molecule has 1 aliphatic carbocycles. The summed E-state index contributed by atoms with van der Waals surface area (Å²) in [6.07, 6.45) is 0.310. The fourth-order valence-electron chi connectivity index (χ4n) is 3.79. The van der Waals surface area contributed by atoms with Crippen molar-refractivity contribution >= 4 is 5.78 Å². The second kappa shape index (κ2) is 5.49. The van der Waals surface area contributed by atoms with Crippen molar-refractivity contribution in [1.82, 2.24) is 5.16 Å². The average molecular weight is 315 g/mol. The number of fused-ring (bicyclic) bond motifs is 1. The van der Waals surface area contributed by atoms with Crippen molar-refractivity contribution in [3.05, 3.63) is 46.8 Å². The van der Waals surface area contributed by atoms with Crippen LogP contribution < -0.4 is 4.74 Å². The molecule has 0 bridgehead atoms. The average Bonchev–Trinajstić information content (AvgIpc) is 2.85. The quantitative estimate of drug-likeness (QED) is 0.942. The highest BCUT2D eigenvalue weighted by Crippen LogP contribution is 2.47. The minimum Gasteiger partial charge on any atom is -0.497 e. The lowest BCUT2D eigenvalue weighted by Gasteiger charge is -2.40.